The number of piperazine rings is 1. The summed E-state index contributed by atoms with van der Waals surface area (Å²) in [6.45, 7) is 6.85. The smallest absolute Gasteiger partial charge is 0.193 e. The standard InChI is InChI=1S/C17H26N4O/c1-18-17(19-13-15-7-12-22-14-15)21-10-8-20(9-11-21)16-5-3-2-4-6-16/h2-6,15H,7-14H2,1H3,(H,18,19). The van der Waals surface area contributed by atoms with Crippen LogP contribution in [0, 0.1) is 5.92 Å². The molecule has 1 unspecified atom stereocenters. The van der Waals surface area contributed by atoms with E-state index in [2.05, 4.69) is 50.4 Å². The molecule has 0 amide bonds. The van der Waals surface area contributed by atoms with Crippen molar-refractivity contribution in [3.05, 3.63) is 30.3 Å². The molecule has 1 N–H and O–H groups in total. The number of para-hydroxylation sites is 1. The van der Waals surface area contributed by atoms with Crippen molar-refractivity contribution in [2.24, 2.45) is 10.9 Å². The predicted octanol–water partition coefficient (Wildman–Crippen LogP) is 1.42. The number of aliphatic imine (C=N–C) groups is 1. The minimum absolute atomic E-state index is 0.627. The predicted molar refractivity (Wildman–Crippen MR) is 90.5 cm³/mol. The Bertz CT molecular complexity index is 477. The van der Waals surface area contributed by atoms with E-state index < -0.39 is 0 Å². The van der Waals surface area contributed by atoms with Gasteiger partial charge in [-0.2, -0.15) is 0 Å². The Morgan fingerprint density at radius 2 is 2.00 bits per heavy atom. The van der Waals surface area contributed by atoms with Gasteiger partial charge in [0.25, 0.3) is 0 Å². The number of guanidine groups is 1. The molecule has 1 aromatic carbocycles. The van der Waals surface area contributed by atoms with Crippen molar-refractivity contribution in [1.82, 2.24) is 10.2 Å². The lowest BCUT2D eigenvalue weighted by atomic mass is 10.1. The number of nitrogens with one attached hydrogen (secondary N) is 1. The maximum absolute atomic E-state index is 5.43. The van der Waals surface area contributed by atoms with Gasteiger partial charge >= 0.3 is 0 Å². The zero-order valence-electron chi connectivity index (χ0n) is 13.4. The lowest BCUT2D eigenvalue weighted by Crippen LogP contribution is -2.53. The molecular weight excluding hydrogens is 276 g/mol. The van der Waals surface area contributed by atoms with Crippen molar-refractivity contribution in [2.45, 2.75) is 6.42 Å². The maximum Gasteiger partial charge on any atom is 0.193 e. The van der Waals surface area contributed by atoms with E-state index in [9.17, 15) is 0 Å². The van der Waals surface area contributed by atoms with Gasteiger partial charge in [-0.3, -0.25) is 4.99 Å². The first-order chi connectivity index (χ1) is 10.9. The van der Waals surface area contributed by atoms with E-state index in [1.165, 1.54) is 5.69 Å². The van der Waals surface area contributed by atoms with E-state index in [1.54, 1.807) is 0 Å². The number of benzene rings is 1. The number of ether oxygens (including phenoxy) is 1. The van der Waals surface area contributed by atoms with Crippen molar-refractivity contribution in [3.8, 4) is 0 Å². The Hall–Kier alpha value is -1.75. The Morgan fingerprint density at radius 3 is 2.64 bits per heavy atom. The molecule has 0 spiro atoms. The molecule has 22 heavy (non-hydrogen) atoms. The average Bonchev–Trinajstić information content (AvgIpc) is 3.10. The van der Waals surface area contributed by atoms with Crippen LogP contribution >= 0.6 is 0 Å². The summed E-state index contributed by atoms with van der Waals surface area (Å²) in [4.78, 5) is 9.24. The Balaban J connectivity index is 1.48. The van der Waals surface area contributed by atoms with Gasteiger partial charge in [0.05, 0.1) is 6.61 Å². The third kappa shape index (κ3) is 3.71. The second-order valence-electron chi connectivity index (χ2n) is 5.97. The van der Waals surface area contributed by atoms with Crippen LogP contribution in [-0.2, 0) is 4.74 Å². The third-order valence-electron chi connectivity index (χ3n) is 4.49. The molecule has 2 heterocycles. The summed E-state index contributed by atoms with van der Waals surface area (Å²) in [6, 6.07) is 10.6. The van der Waals surface area contributed by atoms with Crippen molar-refractivity contribution in [3.63, 3.8) is 0 Å². The second kappa shape index (κ2) is 7.49. The topological polar surface area (TPSA) is 40.1 Å². The fraction of sp³-hybridized carbons (Fsp3) is 0.588. The summed E-state index contributed by atoms with van der Waals surface area (Å²) < 4.78 is 5.43. The summed E-state index contributed by atoms with van der Waals surface area (Å²) in [6.07, 6.45) is 1.16. The molecule has 120 valence electrons. The molecule has 0 bridgehead atoms. The van der Waals surface area contributed by atoms with E-state index in [0.717, 1.165) is 58.3 Å². The fourth-order valence-electron chi connectivity index (χ4n) is 3.13. The van der Waals surface area contributed by atoms with Gasteiger partial charge in [0.1, 0.15) is 0 Å². The molecule has 2 saturated heterocycles. The first-order valence-corrected chi connectivity index (χ1v) is 8.20. The molecule has 5 nitrogen and oxygen atoms in total. The van der Waals surface area contributed by atoms with Crippen molar-refractivity contribution in [1.29, 1.82) is 0 Å². The number of nitrogens with zero attached hydrogens (tertiary/aromatic N) is 3. The summed E-state index contributed by atoms with van der Waals surface area (Å²) in [5.41, 5.74) is 1.31. The summed E-state index contributed by atoms with van der Waals surface area (Å²) >= 11 is 0. The number of hydrogen-bond acceptors (Lipinski definition) is 3. The highest BCUT2D eigenvalue weighted by atomic mass is 16.5. The Morgan fingerprint density at radius 1 is 1.23 bits per heavy atom. The SMILES string of the molecule is CN=C(NCC1CCOC1)N1CCN(c2ccccc2)CC1. The molecule has 0 radical (unpaired) electrons. The van der Waals surface area contributed by atoms with Gasteiger partial charge in [0.2, 0.25) is 0 Å². The van der Waals surface area contributed by atoms with Gasteiger partial charge in [-0.1, -0.05) is 18.2 Å². The lowest BCUT2D eigenvalue weighted by molar-refractivity contribution is 0.186. The van der Waals surface area contributed by atoms with Crippen LogP contribution in [0.25, 0.3) is 0 Å². The number of rotatable bonds is 3. The van der Waals surface area contributed by atoms with Crippen LogP contribution in [0.4, 0.5) is 5.69 Å². The van der Waals surface area contributed by atoms with Crippen LogP contribution in [0.15, 0.2) is 35.3 Å². The lowest BCUT2D eigenvalue weighted by Gasteiger charge is -2.37. The highest BCUT2D eigenvalue weighted by Crippen LogP contribution is 2.16. The molecule has 5 heteroatoms. The normalized spacial score (nSPS) is 23.0. The Labute approximate surface area is 133 Å². The average molecular weight is 302 g/mol. The zero-order chi connectivity index (χ0) is 15.2. The molecule has 2 aliphatic rings. The molecule has 1 aromatic rings. The van der Waals surface area contributed by atoms with E-state index in [4.69, 9.17) is 4.74 Å². The quantitative estimate of drug-likeness (QED) is 0.677. The summed E-state index contributed by atoms with van der Waals surface area (Å²) in [5, 5.41) is 3.51. The second-order valence-corrected chi connectivity index (χ2v) is 5.97. The maximum atomic E-state index is 5.43. The van der Waals surface area contributed by atoms with E-state index in [0.29, 0.717) is 5.92 Å². The first-order valence-electron chi connectivity index (χ1n) is 8.20. The molecule has 1 atom stereocenters. The van der Waals surface area contributed by atoms with Gasteiger partial charge in [-0.05, 0) is 18.6 Å². The molecule has 3 rings (SSSR count). The van der Waals surface area contributed by atoms with Crippen molar-refractivity contribution < 1.29 is 4.74 Å². The van der Waals surface area contributed by atoms with Crippen molar-refractivity contribution >= 4 is 11.6 Å². The summed E-state index contributed by atoms with van der Waals surface area (Å²) in [7, 11) is 1.87. The summed E-state index contributed by atoms with van der Waals surface area (Å²) in [5.74, 6) is 1.65. The molecule has 2 fully saturated rings. The van der Waals surface area contributed by atoms with Gasteiger partial charge in [-0.25, -0.2) is 0 Å². The highest BCUT2D eigenvalue weighted by Gasteiger charge is 2.21. The monoisotopic (exact) mass is 302 g/mol. The van der Waals surface area contributed by atoms with Gasteiger partial charge < -0.3 is 19.9 Å². The molecular formula is C17H26N4O. The fourth-order valence-corrected chi connectivity index (χ4v) is 3.13. The van der Waals surface area contributed by atoms with Crippen molar-refractivity contribution in [2.75, 3.05) is 57.9 Å². The van der Waals surface area contributed by atoms with E-state index in [1.807, 2.05) is 7.05 Å². The third-order valence-corrected chi connectivity index (χ3v) is 4.49. The zero-order valence-corrected chi connectivity index (χ0v) is 13.4. The minimum atomic E-state index is 0.627. The molecule has 0 aromatic heterocycles. The highest BCUT2D eigenvalue weighted by molar-refractivity contribution is 5.80. The molecule has 0 saturated carbocycles. The van der Waals surface area contributed by atoms with Crippen LogP contribution in [-0.4, -0.2) is 63.8 Å². The van der Waals surface area contributed by atoms with Crippen LogP contribution in [0.3, 0.4) is 0 Å². The molecule has 0 aliphatic carbocycles. The molecule has 2 aliphatic heterocycles. The van der Waals surface area contributed by atoms with Gasteiger partial charge in [-0.15, -0.1) is 0 Å². The van der Waals surface area contributed by atoms with Crippen LogP contribution in [0.5, 0.6) is 0 Å². The van der Waals surface area contributed by atoms with Crippen LogP contribution < -0.4 is 10.2 Å². The largest absolute Gasteiger partial charge is 0.381 e. The van der Waals surface area contributed by atoms with Gasteiger partial charge in [0.15, 0.2) is 5.96 Å². The van der Waals surface area contributed by atoms with Crippen LogP contribution in [0.1, 0.15) is 6.42 Å². The Kier molecular flexibility index (Phi) is 5.16. The number of hydrogen-bond donors (Lipinski definition) is 1. The minimum Gasteiger partial charge on any atom is -0.381 e. The van der Waals surface area contributed by atoms with E-state index in [-0.39, 0.29) is 0 Å². The number of anilines is 1. The first kappa shape index (κ1) is 15.2. The van der Waals surface area contributed by atoms with Crippen LogP contribution in [0.2, 0.25) is 0 Å². The van der Waals surface area contributed by atoms with Gasteiger partial charge in [0, 0.05) is 58.0 Å². The van der Waals surface area contributed by atoms with E-state index >= 15 is 0 Å².